The molecule has 1 aromatic carbocycles. The van der Waals surface area contributed by atoms with E-state index in [1.807, 2.05) is 29.7 Å². The smallest absolute Gasteiger partial charge is 0.233 e. The van der Waals surface area contributed by atoms with Gasteiger partial charge in [0.2, 0.25) is 5.91 Å². The quantitative estimate of drug-likeness (QED) is 0.489. The molecule has 0 aliphatic heterocycles. The molecule has 2 aromatic heterocycles. The van der Waals surface area contributed by atoms with Gasteiger partial charge in [-0.05, 0) is 56.2 Å². The standard InChI is InChI=1S/C21H23N5OS/c1-5-10-23-20(27)16(4)28-21-25-24-19(17-8-11-22-12-9-17)26(21)18-7-6-14(2)15(3)13-18/h5-9,11-13,16H,1,10H2,2-4H3,(H,23,27)/t16-/m0/s1. The summed E-state index contributed by atoms with van der Waals surface area (Å²) in [5.41, 5.74) is 4.27. The molecule has 0 spiro atoms. The normalized spacial score (nSPS) is 11.8. The number of thioether (sulfide) groups is 1. The van der Waals surface area contributed by atoms with E-state index in [2.05, 4.69) is 53.1 Å². The van der Waals surface area contributed by atoms with Crippen LogP contribution in [0.5, 0.6) is 0 Å². The maximum Gasteiger partial charge on any atom is 0.233 e. The van der Waals surface area contributed by atoms with Gasteiger partial charge in [-0.1, -0.05) is 23.9 Å². The van der Waals surface area contributed by atoms with Crippen LogP contribution in [0.25, 0.3) is 17.1 Å². The van der Waals surface area contributed by atoms with Gasteiger partial charge in [0.15, 0.2) is 11.0 Å². The lowest BCUT2D eigenvalue weighted by molar-refractivity contribution is -0.120. The minimum Gasteiger partial charge on any atom is -0.352 e. The van der Waals surface area contributed by atoms with Crippen LogP contribution in [0.1, 0.15) is 18.1 Å². The minimum absolute atomic E-state index is 0.0648. The van der Waals surface area contributed by atoms with E-state index in [4.69, 9.17) is 0 Å². The number of aryl methyl sites for hydroxylation is 2. The predicted octanol–water partition coefficient (Wildman–Crippen LogP) is 3.73. The van der Waals surface area contributed by atoms with Gasteiger partial charge in [-0.2, -0.15) is 0 Å². The number of carbonyl (C=O) groups excluding carboxylic acids is 1. The summed E-state index contributed by atoms with van der Waals surface area (Å²) in [6.07, 6.45) is 5.12. The Hall–Kier alpha value is -2.93. The van der Waals surface area contributed by atoms with Crippen LogP contribution < -0.4 is 5.32 Å². The lowest BCUT2D eigenvalue weighted by Crippen LogP contribution is -2.31. The molecule has 0 unspecified atom stereocenters. The first-order chi connectivity index (χ1) is 13.5. The summed E-state index contributed by atoms with van der Waals surface area (Å²) in [5, 5.41) is 12.0. The molecule has 28 heavy (non-hydrogen) atoms. The van der Waals surface area contributed by atoms with Crippen molar-refractivity contribution in [2.24, 2.45) is 0 Å². The van der Waals surface area contributed by atoms with Crippen molar-refractivity contribution in [2.45, 2.75) is 31.2 Å². The van der Waals surface area contributed by atoms with E-state index in [9.17, 15) is 4.79 Å². The van der Waals surface area contributed by atoms with Crippen LogP contribution in [-0.4, -0.2) is 37.5 Å². The van der Waals surface area contributed by atoms with Crippen molar-refractivity contribution in [2.75, 3.05) is 6.54 Å². The zero-order chi connectivity index (χ0) is 20.1. The molecule has 1 amide bonds. The van der Waals surface area contributed by atoms with E-state index in [0.717, 1.165) is 11.3 Å². The van der Waals surface area contributed by atoms with Gasteiger partial charge in [-0.25, -0.2) is 0 Å². The number of pyridine rings is 1. The van der Waals surface area contributed by atoms with Gasteiger partial charge in [0.25, 0.3) is 0 Å². The highest BCUT2D eigenvalue weighted by atomic mass is 32.2. The summed E-state index contributed by atoms with van der Waals surface area (Å²) in [5.74, 6) is 0.650. The second kappa shape index (κ2) is 8.84. The molecule has 7 heteroatoms. The number of nitrogens with zero attached hydrogens (tertiary/aromatic N) is 4. The van der Waals surface area contributed by atoms with Crippen LogP contribution in [0.15, 0.2) is 60.5 Å². The second-order valence-corrected chi connectivity index (χ2v) is 7.75. The minimum atomic E-state index is -0.320. The molecular formula is C21H23N5OS. The van der Waals surface area contributed by atoms with Gasteiger partial charge in [0.05, 0.1) is 10.9 Å². The first-order valence-corrected chi connectivity index (χ1v) is 9.88. The fraction of sp³-hybridized carbons (Fsp3) is 0.238. The van der Waals surface area contributed by atoms with Crippen LogP contribution in [0.3, 0.4) is 0 Å². The first kappa shape index (κ1) is 19.8. The number of aromatic nitrogens is 4. The summed E-state index contributed by atoms with van der Waals surface area (Å²) in [6.45, 7) is 10.1. The Morgan fingerprint density at radius 1 is 1.21 bits per heavy atom. The third kappa shape index (κ3) is 4.31. The zero-order valence-corrected chi connectivity index (χ0v) is 17.0. The fourth-order valence-corrected chi connectivity index (χ4v) is 3.55. The third-order valence-electron chi connectivity index (χ3n) is 4.39. The molecule has 0 aliphatic rings. The summed E-state index contributed by atoms with van der Waals surface area (Å²) >= 11 is 1.38. The lowest BCUT2D eigenvalue weighted by atomic mass is 10.1. The van der Waals surface area contributed by atoms with Crippen LogP contribution >= 0.6 is 11.8 Å². The van der Waals surface area contributed by atoms with Gasteiger partial charge in [-0.15, -0.1) is 16.8 Å². The van der Waals surface area contributed by atoms with Gasteiger partial charge in [0, 0.05) is 24.5 Å². The number of hydrogen-bond donors (Lipinski definition) is 1. The molecule has 6 nitrogen and oxygen atoms in total. The van der Waals surface area contributed by atoms with E-state index in [-0.39, 0.29) is 11.2 Å². The van der Waals surface area contributed by atoms with E-state index < -0.39 is 0 Å². The Kier molecular flexibility index (Phi) is 6.26. The molecule has 1 atom stereocenters. The number of carbonyl (C=O) groups is 1. The van der Waals surface area contributed by atoms with Gasteiger partial charge < -0.3 is 5.32 Å². The molecular weight excluding hydrogens is 370 g/mol. The maximum absolute atomic E-state index is 12.3. The van der Waals surface area contributed by atoms with Crippen molar-refractivity contribution in [3.63, 3.8) is 0 Å². The Morgan fingerprint density at radius 2 is 1.96 bits per heavy atom. The molecule has 0 aliphatic carbocycles. The molecule has 0 saturated carbocycles. The summed E-state index contributed by atoms with van der Waals surface area (Å²) in [4.78, 5) is 16.4. The highest BCUT2D eigenvalue weighted by Crippen LogP contribution is 2.30. The van der Waals surface area contributed by atoms with Gasteiger partial charge >= 0.3 is 0 Å². The largest absolute Gasteiger partial charge is 0.352 e. The van der Waals surface area contributed by atoms with Crippen LogP contribution in [0, 0.1) is 13.8 Å². The molecule has 0 saturated heterocycles. The predicted molar refractivity (Wildman–Crippen MR) is 113 cm³/mol. The van der Waals surface area contributed by atoms with Crippen LogP contribution in [-0.2, 0) is 4.79 Å². The van der Waals surface area contributed by atoms with Crippen molar-refractivity contribution >= 4 is 17.7 Å². The van der Waals surface area contributed by atoms with Crippen LogP contribution in [0.4, 0.5) is 0 Å². The number of amides is 1. The molecule has 1 N–H and O–H groups in total. The summed E-state index contributed by atoms with van der Waals surface area (Å²) in [7, 11) is 0. The van der Waals surface area contributed by atoms with Gasteiger partial charge in [-0.3, -0.25) is 14.3 Å². The van der Waals surface area contributed by atoms with Crippen molar-refractivity contribution in [3.05, 3.63) is 66.5 Å². The van der Waals surface area contributed by atoms with E-state index in [1.165, 1.54) is 22.9 Å². The van der Waals surface area contributed by atoms with Crippen molar-refractivity contribution in [3.8, 4) is 17.1 Å². The molecule has 144 valence electrons. The number of hydrogen-bond acceptors (Lipinski definition) is 5. The van der Waals surface area contributed by atoms with Gasteiger partial charge in [0.1, 0.15) is 0 Å². The number of nitrogens with one attached hydrogen (secondary N) is 1. The molecule has 3 rings (SSSR count). The van der Waals surface area contributed by atoms with E-state index in [0.29, 0.717) is 17.5 Å². The maximum atomic E-state index is 12.3. The Balaban J connectivity index is 2.03. The second-order valence-electron chi connectivity index (χ2n) is 6.44. The van der Waals surface area contributed by atoms with Crippen LogP contribution in [0.2, 0.25) is 0 Å². The van der Waals surface area contributed by atoms with Crippen molar-refractivity contribution < 1.29 is 4.79 Å². The highest BCUT2D eigenvalue weighted by molar-refractivity contribution is 8.00. The van der Waals surface area contributed by atoms with E-state index >= 15 is 0 Å². The average molecular weight is 394 g/mol. The van der Waals surface area contributed by atoms with E-state index in [1.54, 1.807) is 18.5 Å². The molecule has 0 bridgehead atoms. The summed E-state index contributed by atoms with van der Waals surface area (Å²) < 4.78 is 1.99. The molecule has 2 heterocycles. The fourth-order valence-electron chi connectivity index (χ4n) is 2.66. The first-order valence-electron chi connectivity index (χ1n) is 9.00. The third-order valence-corrected chi connectivity index (χ3v) is 5.44. The lowest BCUT2D eigenvalue weighted by Gasteiger charge is -2.14. The van der Waals surface area contributed by atoms with Crippen molar-refractivity contribution in [1.82, 2.24) is 25.1 Å². The monoisotopic (exact) mass is 393 g/mol. The Morgan fingerprint density at radius 3 is 2.64 bits per heavy atom. The highest BCUT2D eigenvalue weighted by Gasteiger charge is 2.21. The zero-order valence-electron chi connectivity index (χ0n) is 16.2. The topological polar surface area (TPSA) is 72.7 Å². The number of benzene rings is 1. The number of rotatable bonds is 7. The molecule has 0 fully saturated rings. The molecule has 0 radical (unpaired) electrons. The van der Waals surface area contributed by atoms with Crippen molar-refractivity contribution in [1.29, 1.82) is 0 Å². The Labute approximate surface area is 169 Å². The summed E-state index contributed by atoms with van der Waals surface area (Å²) in [6, 6.07) is 10.0. The molecule has 3 aromatic rings. The SMILES string of the molecule is C=CCNC(=O)[C@H](C)Sc1nnc(-c2ccncc2)n1-c1ccc(C)c(C)c1. The Bertz CT molecular complexity index is 984. The average Bonchev–Trinajstić information content (AvgIpc) is 3.12.